The molecule has 158 valence electrons. The van der Waals surface area contributed by atoms with Gasteiger partial charge in [-0.3, -0.25) is 4.79 Å². The molecule has 5 heteroatoms. The highest BCUT2D eigenvalue weighted by Crippen LogP contribution is 2.43. The molecular formula is C27H20O5. The maximum Gasteiger partial charge on any atom is 0.339 e. The molecular weight excluding hydrogens is 404 g/mol. The predicted molar refractivity (Wildman–Crippen MR) is 122 cm³/mol. The summed E-state index contributed by atoms with van der Waals surface area (Å²) in [5.41, 5.74) is 1.80. The molecule has 0 radical (unpaired) electrons. The van der Waals surface area contributed by atoms with Crippen molar-refractivity contribution in [3.05, 3.63) is 108 Å². The number of carbonyl (C=O) groups is 2. The first kappa shape index (κ1) is 20.9. The molecule has 0 aliphatic heterocycles. The molecule has 0 aromatic heterocycles. The summed E-state index contributed by atoms with van der Waals surface area (Å²) in [7, 11) is 1.22. The van der Waals surface area contributed by atoms with Gasteiger partial charge < -0.3 is 14.9 Å². The van der Waals surface area contributed by atoms with Crippen LogP contribution in [-0.2, 0) is 4.74 Å². The van der Waals surface area contributed by atoms with E-state index in [4.69, 9.17) is 4.74 Å². The van der Waals surface area contributed by atoms with Gasteiger partial charge in [0.2, 0.25) is 0 Å². The molecule has 4 aromatic rings. The maximum atomic E-state index is 13.5. The van der Waals surface area contributed by atoms with Crippen LogP contribution in [-0.4, -0.2) is 29.1 Å². The van der Waals surface area contributed by atoms with Gasteiger partial charge in [0.25, 0.3) is 0 Å². The van der Waals surface area contributed by atoms with Gasteiger partial charge in [-0.05, 0) is 29.3 Å². The van der Waals surface area contributed by atoms with E-state index < -0.39 is 11.8 Å². The smallest absolute Gasteiger partial charge is 0.339 e. The van der Waals surface area contributed by atoms with Gasteiger partial charge in [-0.1, -0.05) is 72.8 Å². The second-order valence-electron chi connectivity index (χ2n) is 7.14. The zero-order valence-corrected chi connectivity index (χ0v) is 17.3. The van der Waals surface area contributed by atoms with Crippen molar-refractivity contribution in [1.29, 1.82) is 0 Å². The van der Waals surface area contributed by atoms with Gasteiger partial charge in [-0.25, -0.2) is 4.79 Å². The summed E-state index contributed by atoms with van der Waals surface area (Å²) in [5.74, 6) is -1.67. The third-order valence-electron chi connectivity index (χ3n) is 5.23. The van der Waals surface area contributed by atoms with Gasteiger partial charge in [-0.15, -0.1) is 0 Å². The summed E-state index contributed by atoms with van der Waals surface area (Å²) in [4.78, 5) is 26.4. The van der Waals surface area contributed by atoms with Crippen LogP contribution in [0.4, 0.5) is 0 Å². The average molecular weight is 424 g/mol. The number of ether oxygens (including phenoxy) is 1. The molecule has 0 heterocycles. The van der Waals surface area contributed by atoms with E-state index in [-0.39, 0.29) is 33.8 Å². The Morgan fingerprint density at radius 3 is 1.88 bits per heavy atom. The number of hydrogen-bond donors (Lipinski definition) is 2. The van der Waals surface area contributed by atoms with Crippen LogP contribution in [0.5, 0.6) is 11.5 Å². The highest BCUT2D eigenvalue weighted by atomic mass is 16.5. The number of aromatic hydroxyl groups is 2. The molecule has 0 aliphatic carbocycles. The summed E-state index contributed by atoms with van der Waals surface area (Å²) in [5, 5.41) is 21.6. The Labute approximate surface area is 185 Å². The van der Waals surface area contributed by atoms with E-state index in [0.29, 0.717) is 16.7 Å². The molecule has 0 spiro atoms. The molecule has 0 saturated carbocycles. The first-order valence-electron chi connectivity index (χ1n) is 9.94. The molecule has 0 bridgehead atoms. The van der Waals surface area contributed by atoms with Crippen LogP contribution in [0.15, 0.2) is 91.0 Å². The Kier molecular flexibility index (Phi) is 5.73. The lowest BCUT2D eigenvalue weighted by Gasteiger charge is -2.18. The minimum absolute atomic E-state index is 0.0221. The molecule has 0 fully saturated rings. The van der Waals surface area contributed by atoms with Crippen LogP contribution in [0.25, 0.3) is 22.3 Å². The van der Waals surface area contributed by atoms with E-state index in [1.54, 1.807) is 48.5 Å². The van der Waals surface area contributed by atoms with Gasteiger partial charge in [0.05, 0.1) is 18.2 Å². The van der Waals surface area contributed by atoms with Crippen molar-refractivity contribution in [2.75, 3.05) is 7.11 Å². The van der Waals surface area contributed by atoms with Crippen LogP contribution in [0.2, 0.25) is 0 Å². The van der Waals surface area contributed by atoms with Crippen molar-refractivity contribution in [2.24, 2.45) is 0 Å². The van der Waals surface area contributed by atoms with Gasteiger partial charge in [0.1, 0.15) is 11.5 Å². The number of methoxy groups -OCH3 is 1. The van der Waals surface area contributed by atoms with Crippen molar-refractivity contribution in [2.45, 2.75) is 0 Å². The zero-order chi connectivity index (χ0) is 22.7. The van der Waals surface area contributed by atoms with Crippen LogP contribution < -0.4 is 0 Å². The fourth-order valence-corrected chi connectivity index (χ4v) is 3.70. The molecule has 2 N–H and O–H groups in total. The normalized spacial score (nSPS) is 10.5. The third kappa shape index (κ3) is 3.72. The second-order valence-corrected chi connectivity index (χ2v) is 7.14. The highest BCUT2D eigenvalue weighted by Gasteiger charge is 2.29. The van der Waals surface area contributed by atoms with Crippen molar-refractivity contribution in [3.63, 3.8) is 0 Å². The lowest BCUT2D eigenvalue weighted by Crippen LogP contribution is -2.14. The number of phenols is 2. The van der Waals surface area contributed by atoms with Gasteiger partial charge in [-0.2, -0.15) is 0 Å². The number of carbonyl (C=O) groups excluding carboxylic acids is 2. The van der Waals surface area contributed by atoms with E-state index in [9.17, 15) is 19.8 Å². The van der Waals surface area contributed by atoms with Crippen LogP contribution in [0, 0.1) is 0 Å². The summed E-state index contributed by atoms with van der Waals surface area (Å²) >= 11 is 0. The number of para-hydroxylation sites is 1. The van der Waals surface area contributed by atoms with E-state index >= 15 is 0 Å². The van der Waals surface area contributed by atoms with Crippen molar-refractivity contribution >= 4 is 11.8 Å². The van der Waals surface area contributed by atoms with E-state index in [1.165, 1.54) is 25.3 Å². The van der Waals surface area contributed by atoms with Crippen LogP contribution >= 0.6 is 0 Å². The summed E-state index contributed by atoms with van der Waals surface area (Å²) in [6.45, 7) is 0. The number of hydrogen-bond acceptors (Lipinski definition) is 5. The van der Waals surface area contributed by atoms with Gasteiger partial charge in [0.15, 0.2) is 5.78 Å². The van der Waals surface area contributed by atoms with Crippen molar-refractivity contribution in [3.8, 4) is 33.8 Å². The Morgan fingerprint density at radius 2 is 1.28 bits per heavy atom. The molecule has 4 rings (SSSR count). The lowest BCUT2D eigenvalue weighted by molar-refractivity contribution is 0.0598. The van der Waals surface area contributed by atoms with Crippen LogP contribution in [0.3, 0.4) is 0 Å². The highest BCUT2D eigenvalue weighted by molar-refractivity contribution is 6.19. The minimum Gasteiger partial charge on any atom is -0.507 e. The number of benzene rings is 4. The molecule has 0 saturated heterocycles. The lowest BCUT2D eigenvalue weighted by atomic mass is 9.86. The van der Waals surface area contributed by atoms with E-state index in [1.807, 2.05) is 24.3 Å². The Bertz CT molecular complexity index is 1290. The van der Waals surface area contributed by atoms with Gasteiger partial charge in [0, 0.05) is 16.7 Å². The quantitative estimate of drug-likeness (QED) is 0.329. The number of rotatable bonds is 5. The topological polar surface area (TPSA) is 83.8 Å². The number of phenolic OH excluding ortho intramolecular Hbond substituents is 2. The molecule has 0 aliphatic rings. The molecule has 0 atom stereocenters. The fourth-order valence-electron chi connectivity index (χ4n) is 3.70. The Hall–Kier alpha value is -4.38. The van der Waals surface area contributed by atoms with Crippen molar-refractivity contribution in [1.82, 2.24) is 0 Å². The van der Waals surface area contributed by atoms with Gasteiger partial charge >= 0.3 is 5.97 Å². The third-order valence-corrected chi connectivity index (χ3v) is 5.23. The fraction of sp³-hybridized carbons (Fsp3) is 0.0370. The van der Waals surface area contributed by atoms with E-state index in [0.717, 1.165) is 0 Å². The summed E-state index contributed by atoms with van der Waals surface area (Å²) in [6, 6.07) is 25.5. The van der Waals surface area contributed by atoms with Crippen molar-refractivity contribution < 1.29 is 24.5 Å². The Morgan fingerprint density at radius 1 is 0.719 bits per heavy atom. The molecule has 4 aromatic carbocycles. The minimum atomic E-state index is -0.766. The molecule has 5 nitrogen and oxygen atoms in total. The maximum absolute atomic E-state index is 13.5. The molecule has 0 unspecified atom stereocenters. The second kappa shape index (κ2) is 8.78. The summed E-state index contributed by atoms with van der Waals surface area (Å²) < 4.78 is 4.99. The first-order chi connectivity index (χ1) is 15.5. The Balaban J connectivity index is 2.11. The standard InChI is InChI=1S/C27H20O5/c1-32-27(31)24-21(25(29)19-14-8-9-15-22(19)28)16-20(17-10-4-2-5-11-17)26(30)23(24)18-12-6-3-7-13-18/h2-16,28,30H,1H3. The van der Waals surface area contributed by atoms with Crippen LogP contribution in [0.1, 0.15) is 26.3 Å². The average Bonchev–Trinajstić information content (AvgIpc) is 2.84. The zero-order valence-electron chi connectivity index (χ0n) is 17.3. The monoisotopic (exact) mass is 424 g/mol. The molecule has 0 amide bonds. The first-order valence-corrected chi connectivity index (χ1v) is 9.94. The summed E-state index contributed by atoms with van der Waals surface area (Å²) in [6.07, 6.45) is 0. The number of esters is 1. The SMILES string of the molecule is COC(=O)c1c(C(=O)c2ccccc2O)cc(-c2ccccc2)c(O)c1-c1ccccc1. The largest absolute Gasteiger partial charge is 0.507 e. The predicted octanol–water partition coefficient (Wildman–Crippen LogP) is 5.45. The molecule has 32 heavy (non-hydrogen) atoms. The van der Waals surface area contributed by atoms with E-state index in [2.05, 4.69) is 0 Å². The number of ketones is 1.